The molecule has 94 valence electrons. The highest BCUT2D eigenvalue weighted by molar-refractivity contribution is 9.11. The second kappa shape index (κ2) is 4.82. The fraction of sp³-hybridized carbons (Fsp3) is 0.357. The molecule has 0 unspecified atom stereocenters. The Labute approximate surface area is 123 Å². The van der Waals surface area contributed by atoms with Crippen LogP contribution in [0.1, 0.15) is 31.4 Å². The molecule has 1 saturated carbocycles. The molecule has 0 amide bonds. The number of hydrogen-bond donors (Lipinski definition) is 1. The summed E-state index contributed by atoms with van der Waals surface area (Å²) in [5.41, 5.74) is 3.44. The first-order chi connectivity index (χ1) is 8.70. The van der Waals surface area contributed by atoms with Crippen molar-refractivity contribution >= 4 is 48.5 Å². The molecule has 0 bridgehead atoms. The zero-order valence-electron chi connectivity index (χ0n) is 10.1. The standard InChI is InChI=1S/C14H14Br2N2/c1-2-17-12-7-11(8-3-4-8)18-14-10(16)6-5-9(15)13(12)14/h5-8H,2-4H2,1H3,(H,17,18). The first-order valence-electron chi connectivity index (χ1n) is 6.23. The van der Waals surface area contributed by atoms with Gasteiger partial charge in [0.1, 0.15) is 0 Å². The van der Waals surface area contributed by atoms with Gasteiger partial charge in [-0.25, -0.2) is 0 Å². The van der Waals surface area contributed by atoms with Gasteiger partial charge in [-0.2, -0.15) is 0 Å². The SMILES string of the molecule is CCNc1cc(C2CC2)nc2c(Br)ccc(Br)c12. The smallest absolute Gasteiger partial charge is 0.0879 e. The average Bonchev–Trinajstić information content (AvgIpc) is 3.18. The summed E-state index contributed by atoms with van der Waals surface area (Å²) < 4.78 is 2.15. The van der Waals surface area contributed by atoms with E-state index in [-0.39, 0.29) is 0 Å². The van der Waals surface area contributed by atoms with Crippen molar-refractivity contribution in [2.45, 2.75) is 25.7 Å². The lowest BCUT2D eigenvalue weighted by Crippen LogP contribution is -2.01. The lowest BCUT2D eigenvalue weighted by Gasteiger charge is -2.12. The van der Waals surface area contributed by atoms with Crippen molar-refractivity contribution in [3.8, 4) is 0 Å². The number of rotatable bonds is 3. The van der Waals surface area contributed by atoms with Gasteiger partial charge in [0.05, 0.1) is 5.52 Å². The minimum atomic E-state index is 0.665. The number of nitrogens with zero attached hydrogens (tertiary/aromatic N) is 1. The number of halogens is 2. The average molecular weight is 370 g/mol. The first-order valence-corrected chi connectivity index (χ1v) is 7.82. The van der Waals surface area contributed by atoms with Crippen LogP contribution in [0.2, 0.25) is 0 Å². The van der Waals surface area contributed by atoms with Gasteiger partial charge in [-0.3, -0.25) is 4.98 Å². The van der Waals surface area contributed by atoms with Crippen LogP contribution in [0.4, 0.5) is 5.69 Å². The van der Waals surface area contributed by atoms with Gasteiger partial charge < -0.3 is 5.32 Å². The van der Waals surface area contributed by atoms with Gasteiger partial charge in [0.25, 0.3) is 0 Å². The quantitative estimate of drug-likeness (QED) is 0.816. The minimum absolute atomic E-state index is 0.665. The lowest BCUT2D eigenvalue weighted by atomic mass is 10.1. The largest absolute Gasteiger partial charge is 0.385 e. The molecule has 1 aliphatic rings. The summed E-state index contributed by atoms with van der Waals surface area (Å²) in [7, 11) is 0. The maximum absolute atomic E-state index is 4.82. The number of pyridine rings is 1. The molecule has 0 atom stereocenters. The zero-order valence-corrected chi connectivity index (χ0v) is 13.3. The van der Waals surface area contributed by atoms with E-state index in [2.05, 4.69) is 56.2 Å². The fourth-order valence-corrected chi connectivity index (χ4v) is 3.16. The van der Waals surface area contributed by atoms with Gasteiger partial charge in [0, 0.05) is 38.2 Å². The van der Waals surface area contributed by atoms with E-state index < -0.39 is 0 Å². The Morgan fingerprint density at radius 3 is 2.67 bits per heavy atom. The summed E-state index contributed by atoms with van der Waals surface area (Å²) in [5.74, 6) is 0.665. The number of hydrogen-bond acceptors (Lipinski definition) is 2. The van der Waals surface area contributed by atoms with Crippen LogP contribution < -0.4 is 5.32 Å². The topological polar surface area (TPSA) is 24.9 Å². The van der Waals surface area contributed by atoms with Crippen LogP contribution in [0.5, 0.6) is 0 Å². The van der Waals surface area contributed by atoms with E-state index in [0.717, 1.165) is 26.4 Å². The van der Waals surface area contributed by atoms with Crippen molar-refractivity contribution in [3.05, 3.63) is 32.8 Å². The van der Waals surface area contributed by atoms with Crippen LogP contribution >= 0.6 is 31.9 Å². The van der Waals surface area contributed by atoms with Crippen LogP contribution in [0.3, 0.4) is 0 Å². The molecule has 1 heterocycles. The summed E-state index contributed by atoms with van der Waals surface area (Å²) in [6.45, 7) is 3.04. The molecule has 3 rings (SSSR count). The van der Waals surface area contributed by atoms with Gasteiger partial charge in [0.2, 0.25) is 0 Å². The second-order valence-electron chi connectivity index (χ2n) is 4.65. The van der Waals surface area contributed by atoms with E-state index in [0.29, 0.717) is 5.92 Å². The molecule has 0 aliphatic heterocycles. The van der Waals surface area contributed by atoms with Gasteiger partial charge in [-0.1, -0.05) is 15.9 Å². The Kier molecular flexibility index (Phi) is 3.32. The van der Waals surface area contributed by atoms with Crippen molar-refractivity contribution in [3.63, 3.8) is 0 Å². The lowest BCUT2D eigenvalue weighted by molar-refractivity contribution is 1.04. The molecular weight excluding hydrogens is 356 g/mol. The van der Waals surface area contributed by atoms with Crippen LogP contribution in [-0.4, -0.2) is 11.5 Å². The molecule has 1 aliphatic carbocycles. The zero-order chi connectivity index (χ0) is 12.7. The Bertz CT molecular complexity index is 606. The number of fused-ring (bicyclic) bond motifs is 1. The molecule has 4 heteroatoms. The third kappa shape index (κ3) is 2.16. The van der Waals surface area contributed by atoms with Crippen molar-refractivity contribution in [1.29, 1.82) is 0 Å². The molecular formula is C14H14Br2N2. The van der Waals surface area contributed by atoms with Gasteiger partial charge >= 0.3 is 0 Å². The van der Waals surface area contributed by atoms with Crippen molar-refractivity contribution in [2.24, 2.45) is 0 Å². The Morgan fingerprint density at radius 2 is 2.00 bits per heavy atom. The second-order valence-corrected chi connectivity index (χ2v) is 6.36. The molecule has 1 fully saturated rings. The summed E-state index contributed by atoms with van der Waals surface area (Å²) in [4.78, 5) is 4.82. The van der Waals surface area contributed by atoms with E-state index in [9.17, 15) is 0 Å². The summed E-state index contributed by atoms with van der Waals surface area (Å²) in [6.07, 6.45) is 2.55. The van der Waals surface area contributed by atoms with E-state index in [1.165, 1.54) is 24.2 Å². The van der Waals surface area contributed by atoms with Gasteiger partial charge in [-0.05, 0) is 53.9 Å². The summed E-state index contributed by atoms with van der Waals surface area (Å²) in [6, 6.07) is 6.32. The van der Waals surface area contributed by atoms with E-state index in [1.54, 1.807) is 0 Å². The number of anilines is 1. The third-order valence-corrected chi connectivity index (χ3v) is 4.54. The van der Waals surface area contributed by atoms with Gasteiger partial charge in [-0.15, -0.1) is 0 Å². The van der Waals surface area contributed by atoms with Gasteiger partial charge in [0.15, 0.2) is 0 Å². The molecule has 2 aromatic rings. The molecule has 0 spiro atoms. The Balaban J connectivity index is 2.29. The van der Waals surface area contributed by atoms with E-state index >= 15 is 0 Å². The van der Waals surface area contributed by atoms with E-state index in [4.69, 9.17) is 4.98 Å². The highest BCUT2D eigenvalue weighted by atomic mass is 79.9. The monoisotopic (exact) mass is 368 g/mol. The van der Waals surface area contributed by atoms with E-state index in [1.807, 2.05) is 6.07 Å². The highest BCUT2D eigenvalue weighted by Crippen LogP contribution is 2.43. The summed E-state index contributed by atoms with van der Waals surface area (Å²) in [5, 5.41) is 4.61. The van der Waals surface area contributed by atoms with Crippen LogP contribution in [0, 0.1) is 0 Å². The van der Waals surface area contributed by atoms with Crippen LogP contribution in [0.25, 0.3) is 10.9 Å². The molecule has 0 radical (unpaired) electrons. The highest BCUT2D eigenvalue weighted by Gasteiger charge is 2.26. The number of benzene rings is 1. The van der Waals surface area contributed by atoms with Crippen molar-refractivity contribution < 1.29 is 0 Å². The number of nitrogens with one attached hydrogen (secondary N) is 1. The molecule has 0 saturated heterocycles. The predicted octanol–water partition coefficient (Wildman–Crippen LogP) is 5.07. The molecule has 1 N–H and O–H groups in total. The van der Waals surface area contributed by atoms with Crippen molar-refractivity contribution in [1.82, 2.24) is 4.98 Å². The van der Waals surface area contributed by atoms with Crippen molar-refractivity contribution in [2.75, 3.05) is 11.9 Å². The normalized spacial score (nSPS) is 15.1. The van der Waals surface area contributed by atoms with Crippen LogP contribution in [-0.2, 0) is 0 Å². The molecule has 1 aromatic carbocycles. The minimum Gasteiger partial charge on any atom is -0.385 e. The third-order valence-electron chi connectivity index (χ3n) is 3.24. The van der Waals surface area contributed by atoms with Crippen LogP contribution in [0.15, 0.2) is 27.1 Å². The maximum atomic E-state index is 4.82. The fourth-order valence-electron chi connectivity index (χ4n) is 2.21. The summed E-state index contributed by atoms with van der Waals surface area (Å²) >= 11 is 7.24. The molecule has 1 aromatic heterocycles. The Hall–Kier alpha value is -0.610. The first kappa shape index (κ1) is 12.4. The maximum Gasteiger partial charge on any atom is 0.0879 e. The number of aromatic nitrogens is 1. The predicted molar refractivity (Wildman–Crippen MR) is 83.3 cm³/mol. The molecule has 2 nitrogen and oxygen atoms in total. The molecule has 18 heavy (non-hydrogen) atoms. The Morgan fingerprint density at radius 1 is 1.28 bits per heavy atom.